The number of hydrogen-bond donors (Lipinski definition) is 2. The van der Waals surface area contributed by atoms with Gasteiger partial charge in [0.2, 0.25) is 0 Å². The number of oxime groups is 1. The van der Waals surface area contributed by atoms with E-state index in [-0.39, 0.29) is 17.3 Å². The van der Waals surface area contributed by atoms with Crippen molar-refractivity contribution < 1.29 is 10.0 Å². The van der Waals surface area contributed by atoms with Gasteiger partial charge in [0.15, 0.2) is 5.84 Å². The molecular weight excluding hydrogens is 242 g/mol. The van der Waals surface area contributed by atoms with Gasteiger partial charge in [0, 0.05) is 23.7 Å². The first-order valence-corrected chi connectivity index (χ1v) is 6.19. The molecule has 0 aromatic heterocycles. The topological polar surface area (TPSA) is 78.9 Å². The summed E-state index contributed by atoms with van der Waals surface area (Å²) in [5.41, 5.74) is 6.44. The van der Waals surface area contributed by atoms with E-state index in [1.165, 1.54) is 0 Å². The van der Waals surface area contributed by atoms with E-state index in [0.29, 0.717) is 11.1 Å². The molecule has 0 radical (unpaired) electrons. The molecule has 0 saturated heterocycles. The Kier molecular flexibility index (Phi) is 4.53. The lowest BCUT2D eigenvalue weighted by Gasteiger charge is -2.35. The highest BCUT2D eigenvalue weighted by Crippen LogP contribution is 2.19. The second-order valence-corrected chi connectivity index (χ2v) is 5.09. The molecule has 0 aliphatic rings. The molecule has 0 saturated carbocycles. The number of nitrogens with zero attached hydrogens (tertiary/aromatic N) is 2. The smallest absolute Gasteiger partial charge is 0.254 e. The van der Waals surface area contributed by atoms with Gasteiger partial charge in [-0.15, -0.1) is 0 Å². The largest absolute Gasteiger partial charge is 0.409 e. The third kappa shape index (κ3) is 3.24. The highest BCUT2D eigenvalue weighted by Gasteiger charge is 2.26. The highest BCUT2D eigenvalue weighted by molar-refractivity contribution is 5.99. The third-order valence-electron chi connectivity index (χ3n) is 3.61. The summed E-state index contributed by atoms with van der Waals surface area (Å²) in [4.78, 5) is 14.0. The number of amidine groups is 1. The monoisotopic (exact) mass is 263 g/mol. The molecule has 0 fully saturated rings. The maximum absolute atomic E-state index is 12.3. The molecule has 1 aromatic rings. The number of carbonyl (C=O) groups excluding carboxylic acids is 1. The lowest BCUT2D eigenvalue weighted by Crippen LogP contribution is -2.44. The van der Waals surface area contributed by atoms with Crippen LogP contribution in [0.3, 0.4) is 0 Å². The Balaban J connectivity index is 2.96. The molecule has 1 rings (SSSR count). The summed E-state index contributed by atoms with van der Waals surface area (Å²) in [5, 5.41) is 11.5. The van der Waals surface area contributed by atoms with Gasteiger partial charge in [0.05, 0.1) is 0 Å². The Morgan fingerprint density at radius 1 is 1.32 bits per heavy atom. The lowest BCUT2D eigenvalue weighted by molar-refractivity contribution is 0.0620. The summed E-state index contributed by atoms with van der Waals surface area (Å²) in [6, 6.07) is 6.68. The Labute approximate surface area is 113 Å². The zero-order valence-electron chi connectivity index (χ0n) is 11.8. The van der Waals surface area contributed by atoms with Gasteiger partial charge in [-0.25, -0.2) is 0 Å². The van der Waals surface area contributed by atoms with Crippen molar-refractivity contribution in [3.05, 3.63) is 35.4 Å². The maximum atomic E-state index is 12.3. The lowest BCUT2D eigenvalue weighted by atomic mass is 9.98. The fraction of sp³-hybridized carbons (Fsp3) is 0.429. The molecule has 0 aliphatic carbocycles. The van der Waals surface area contributed by atoms with Crippen LogP contribution >= 0.6 is 0 Å². The van der Waals surface area contributed by atoms with Crippen LogP contribution in [0.15, 0.2) is 29.4 Å². The summed E-state index contributed by atoms with van der Waals surface area (Å²) >= 11 is 0. The predicted octanol–water partition coefficient (Wildman–Crippen LogP) is 2.04. The van der Waals surface area contributed by atoms with Gasteiger partial charge in [-0.05, 0) is 32.4 Å². The van der Waals surface area contributed by atoms with E-state index in [1.54, 1.807) is 36.2 Å². The summed E-state index contributed by atoms with van der Waals surface area (Å²) in [6.45, 7) is 6.09. The first kappa shape index (κ1) is 15.0. The summed E-state index contributed by atoms with van der Waals surface area (Å²) in [7, 11) is 1.79. The fourth-order valence-electron chi connectivity index (χ4n) is 1.55. The molecule has 1 aromatic carbocycles. The van der Waals surface area contributed by atoms with Gasteiger partial charge in [0.25, 0.3) is 5.91 Å². The summed E-state index contributed by atoms with van der Waals surface area (Å²) in [6.07, 6.45) is 0.872. The molecule has 3 N–H and O–H groups in total. The van der Waals surface area contributed by atoms with Crippen molar-refractivity contribution in [2.75, 3.05) is 7.05 Å². The molecule has 0 heterocycles. The number of benzene rings is 1. The number of amides is 1. The minimum atomic E-state index is -0.193. The molecule has 5 nitrogen and oxygen atoms in total. The normalized spacial score (nSPS) is 12.3. The standard InChI is InChI=1S/C14H21N3O2/c1-5-14(2,3)17(4)13(18)11-8-6-10(7-9-11)12(15)16-19/h6-9,19H,5H2,1-4H3,(H2,15,16). The number of hydrogen-bond acceptors (Lipinski definition) is 3. The van der Waals surface area contributed by atoms with Crippen molar-refractivity contribution >= 4 is 11.7 Å². The van der Waals surface area contributed by atoms with E-state index >= 15 is 0 Å². The van der Waals surface area contributed by atoms with E-state index in [2.05, 4.69) is 5.16 Å². The molecule has 0 aliphatic heterocycles. The zero-order chi connectivity index (χ0) is 14.6. The van der Waals surface area contributed by atoms with Crippen LogP contribution in [0, 0.1) is 0 Å². The van der Waals surface area contributed by atoms with Gasteiger partial charge in [-0.1, -0.05) is 24.2 Å². The van der Waals surface area contributed by atoms with Crippen LogP contribution in [-0.4, -0.2) is 34.4 Å². The number of rotatable bonds is 4. The molecule has 19 heavy (non-hydrogen) atoms. The van der Waals surface area contributed by atoms with Gasteiger partial charge < -0.3 is 15.8 Å². The minimum absolute atomic E-state index is 0.0289. The fourth-order valence-corrected chi connectivity index (χ4v) is 1.55. The van der Waals surface area contributed by atoms with Crippen LogP contribution < -0.4 is 5.73 Å². The van der Waals surface area contributed by atoms with E-state index in [4.69, 9.17) is 10.9 Å². The SMILES string of the molecule is CCC(C)(C)N(C)C(=O)c1ccc(C(N)=NO)cc1. The molecule has 0 atom stereocenters. The maximum Gasteiger partial charge on any atom is 0.254 e. The average molecular weight is 263 g/mol. The van der Waals surface area contributed by atoms with Crippen molar-refractivity contribution in [2.24, 2.45) is 10.9 Å². The summed E-state index contributed by atoms with van der Waals surface area (Å²) < 4.78 is 0. The van der Waals surface area contributed by atoms with Crippen molar-refractivity contribution in [3.8, 4) is 0 Å². The Morgan fingerprint density at radius 3 is 2.21 bits per heavy atom. The number of nitrogens with two attached hydrogens (primary N) is 1. The second-order valence-electron chi connectivity index (χ2n) is 5.09. The van der Waals surface area contributed by atoms with Crippen LogP contribution in [0.4, 0.5) is 0 Å². The molecule has 0 unspecified atom stereocenters. The Morgan fingerprint density at radius 2 is 1.79 bits per heavy atom. The van der Waals surface area contributed by atoms with Crippen molar-refractivity contribution in [2.45, 2.75) is 32.7 Å². The first-order valence-electron chi connectivity index (χ1n) is 6.19. The Bertz CT molecular complexity index is 478. The third-order valence-corrected chi connectivity index (χ3v) is 3.61. The predicted molar refractivity (Wildman–Crippen MR) is 75.4 cm³/mol. The molecule has 104 valence electrons. The van der Waals surface area contributed by atoms with Crippen LogP contribution in [0.2, 0.25) is 0 Å². The average Bonchev–Trinajstić information content (AvgIpc) is 2.44. The van der Waals surface area contributed by atoms with Crippen molar-refractivity contribution in [1.29, 1.82) is 0 Å². The number of carbonyl (C=O) groups is 1. The molecular formula is C14H21N3O2. The molecule has 1 amide bonds. The van der Waals surface area contributed by atoms with Crippen LogP contribution in [-0.2, 0) is 0 Å². The van der Waals surface area contributed by atoms with Gasteiger partial charge >= 0.3 is 0 Å². The second kappa shape index (κ2) is 5.73. The molecule has 0 bridgehead atoms. The van der Waals surface area contributed by atoms with Gasteiger partial charge in [0.1, 0.15) is 0 Å². The molecule has 0 spiro atoms. The highest BCUT2D eigenvalue weighted by atomic mass is 16.4. The van der Waals surface area contributed by atoms with Crippen LogP contribution in [0.5, 0.6) is 0 Å². The van der Waals surface area contributed by atoms with Crippen LogP contribution in [0.1, 0.15) is 43.1 Å². The van der Waals surface area contributed by atoms with E-state index < -0.39 is 0 Å². The zero-order valence-corrected chi connectivity index (χ0v) is 11.8. The molecule has 5 heteroatoms. The summed E-state index contributed by atoms with van der Waals surface area (Å²) in [5.74, 6) is -0.0147. The first-order chi connectivity index (χ1) is 8.83. The van der Waals surface area contributed by atoms with Crippen molar-refractivity contribution in [3.63, 3.8) is 0 Å². The van der Waals surface area contributed by atoms with E-state index in [1.807, 2.05) is 20.8 Å². The van der Waals surface area contributed by atoms with Crippen molar-refractivity contribution in [1.82, 2.24) is 4.90 Å². The van der Waals surface area contributed by atoms with E-state index in [0.717, 1.165) is 6.42 Å². The van der Waals surface area contributed by atoms with Crippen LogP contribution in [0.25, 0.3) is 0 Å². The van der Waals surface area contributed by atoms with Gasteiger partial charge in [-0.3, -0.25) is 4.79 Å². The minimum Gasteiger partial charge on any atom is -0.409 e. The Hall–Kier alpha value is -2.04. The van der Waals surface area contributed by atoms with E-state index in [9.17, 15) is 4.79 Å². The van der Waals surface area contributed by atoms with Gasteiger partial charge in [-0.2, -0.15) is 0 Å². The quantitative estimate of drug-likeness (QED) is 0.377.